The summed E-state index contributed by atoms with van der Waals surface area (Å²) in [6.45, 7) is 5.89. The van der Waals surface area contributed by atoms with Gasteiger partial charge >= 0.3 is 0 Å². The molecule has 0 spiro atoms. The highest BCUT2D eigenvalue weighted by molar-refractivity contribution is 9.10. The Morgan fingerprint density at radius 3 is 2.89 bits per heavy atom. The van der Waals surface area contributed by atoms with Crippen LogP contribution < -0.4 is 5.32 Å². The van der Waals surface area contributed by atoms with E-state index in [9.17, 15) is 5.11 Å². The van der Waals surface area contributed by atoms with Crippen LogP contribution >= 0.6 is 15.9 Å². The lowest BCUT2D eigenvalue weighted by atomic mass is 10.1. The monoisotopic (exact) mass is 329 g/mol. The van der Waals surface area contributed by atoms with E-state index in [4.69, 9.17) is 4.74 Å². The van der Waals surface area contributed by atoms with E-state index in [0.717, 1.165) is 23.9 Å². The zero-order chi connectivity index (χ0) is 14.1. The molecule has 4 heteroatoms. The Morgan fingerprint density at radius 2 is 2.21 bits per heavy atom. The number of nitrogens with one attached hydrogen (secondary N) is 1. The number of hydrogen-bond donors (Lipinski definition) is 2. The Kier molecular flexibility index (Phi) is 8.30. The van der Waals surface area contributed by atoms with Gasteiger partial charge in [0.05, 0.1) is 12.7 Å². The molecule has 0 aliphatic heterocycles. The Labute approximate surface area is 124 Å². The van der Waals surface area contributed by atoms with Gasteiger partial charge in [0.15, 0.2) is 0 Å². The largest absolute Gasteiger partial charge is 0.389 e. The molecule has 2 N–H and O–H groups in total. The SMILES string of the molecule is CCCCOCC(O)CNC(C)c1cccc(Br)c1. The highest BCUT2D eigenvalue weighted by Gasteiger charge is 2.09. The third-order valence-electron chi connectivity index (χ3n) is 2.96. The fraction of sp³-hybridized carbons (Fsp3) is 0.600. The molecular formula is C15H24BrNO2. The highest BCUT2D eigenvalue weighted by Crippen LogP contribution is 2.17. The van der Waals surface area contributed by atoms with Crippen molar-refractivity contribution in [3.8, 4) is 0 Å². The minimum absolute atomic E-state index is 0.211. The van der Waals surface area contributed by atoms with Gasteiger partial charge in [-0.25, -0.2) is 0 Å². The number of aliphatic hydroxyl groups excluding tert-OH is 1. The van der Waals surface area contributed by atoms with Crippen molar-refractivity contribution in [2.24, 2.45) is 0 Å². The van der Waals surface area contributed by atoms with Crippen LogP contribution in [0.4, 0.5) is 0 Å². The highest BCUT2D eigenvalue weighted by atomic mass is 79.9. The van der Waals surface area contributed by atoms with Crippen molar-refractivity contribution >= 4 is 15.9 Å². The summed E-state index contributed by atoms with van der Waals surface area (Å²) in [6.07, 6.45) is 1.72. The summed E-state index contributed by atoms with van der Waals surface area (Å²) in [5, 5.41) is 13.1. The third kappa shape index (κ3) is 7.06. The fourth-order valence-corrected chi connectivity index (χ4v) is 2.15. The molecule has 0 saturated heterocycles. The topological polar surface area (TPSA) is 41.5 Å². The number of halogens is 1. The van der Waals surface area contributed by atoms with Gasteiger partial charge in [-0.3, -0.25) is 0 Å². The summed E-state index contributed by atoms with van der Waals surface area (Å²) in [5.74, 6) is 0. The molecule has 108 valence electrons. The summed E-state index contributed by atoms with van der Waals surface area (Å²) in [7, 11) is 0. The molecule has 0 bridgehead atoms. The van der Waals surface area contributed by atoms with Crippen molar-refractivity contribution in [1.29, 1.82) is 0 Å². The maximum Gasteiger partial charge on any atom is 0.0897 e. The van der Waals surface area contributed by atoms with E-state index < -0.39 is 6.10 Å². The van der Waals surface area contributed by atoms with Gasteiger partial charge < -0.3 is 15.2 Å². The molecule has 0 amide bonds. The maximum atomic E-state index is 9.80. The second-order valence-electron chi connectivity index (χ2n) is 4.77. The van der Waals surface area contributed by atoms with Gasteiger partial charge in [0.1, 0.15) is 0 Å². The molecule has 0 fully saturated rings. The van der Waals surface area contributed by atoms with Crippen LogP contribution in [-0.2, 0) is 4.74 Å². The van der Waals surface area contributed by atoms with Crippen molar-refractivity contribution in [2.75, 3.05) is 19.8 Å². The van der Waals surface area contributed by atoms with Crippen molar-refractivity contribution < 1.29 is 9.84 Å². The van der Waals surface area contributed by atoms with E-state index in [2.05, 4.69) is 47.2 Å². The maximum absolute atomic E-state index is 9.80. The number of hydrogen-bond acceptors (Lipinski definition) is 3. The molecule has 0 aliphatic carbocycles. The Bertz CT molecular complexity index is 360. The zero-order valence-electron chi connectivity index (χ0n) is 11.7. The molecule has 2 unspecified atom stereocenters. The van der Waals surface area contributed by atoms with Crippen LogP contribution in [0, 0.1) is 0 Å². The van der Waals surface area contributed by atoms with Gasteiger partial charge in [-0.15, -0.1) is 0 Å². The third-order valence-corrected chi connectivity index (χ3v) is 3.45. The van der Waals surface area contributed by atoms with Gasteiger partial charge in [0.25, 0.3) is 0 Å². The Balaban J connectivity index is 2.24. The van der Waals surface area contributed by atoms with Crippen LogP contribution in [0.5, 0.6) is 0 Å². The quantitative estimate of drug-likeness (QED) is 0.683. The lowest BCUT2D eigenvalue weighted by Crippen LogP contribution is -2.32. The lowest BCUT2D eigenvalue weighted by Gasteiger charge is -2.18. The van der Waals surface area contributed by atoms with Crippen LogP contribution in [0.3, 0.4) is 0 Å². The van der Waals surface area contributed by atoms with Gasteiger partial charge in [-0.05, 0) is 31.0 Å². The van der Waals surface area contributed by atoms with Crippen molar-refractivity contribution in [1.82, 2.24) is 5.32 Å². The van der Waals surface area contributed by atoms with Crippen LogP contribution in [0.1, 0.15) is 38.3 Å². The van der Waals surface area contributed by atoms with Crippen molar-refractivity contribution in [3.05, 3.63) is 34.3 Å². The Hall–Kier alpha value is -0.420. The first-order valence-electron chi connectivity index (χ1n) is 6.88. The molecule has 1 aromatic rings. The summed E-state index contributed by atoms with van der Waals surface area (Å²) in [5.41, 5.74) is 1.20. The van der Waals surface area contributed by atoms with Gasteiger partial charge in [-0.1, -0.05) is 41.4 Å². The average Bonchev–Trinajstić information content (AvgIpc) is 2.41. The lowest BCUT2D eigenvalue weighted by molar-refractivity contribution is 0.0348. The van der Waals surface area contributed by atoms with E-state index in [1.54, 1.807) is 0 Å². The minimum atomic E-state index is -0.452. The number of benzene rings is 1. The molecule has 0 aliphatic rings. The minimum Gasteiger partial charge on any atom is -0.389 e. The van der Waals surface area contributed by atoms with Crippen LogP contribution in [0.25, 0.3) is 0 Å². The summed E-state index contributed by atoms with van der Waals surface area (Å²) < 4.78 is 6.47. The second-order valence-corrected chi connectivity index (χ2v) is 5.68. The normalized spacial score (nSPS) is 14.3. The summed E-state index contributed by atoms with van der Waals surface area (Å²) >= 11 is 3.46. The van der Waals surface area contributed by atoms with Gasteiger partial charge in [-0.2, -0.15) is 0 Å². The number of rotatable bonds is 9. The smallest absolute Gasteiger partial charge is 0.0897 e. The van der Waals surface area contributed by atoms with E-state index in [1.807, 2.05) is 12.1 Å². The average molecular weight is 330 g/mol. The predicted molar refractivity (Wildman–Crippen MR) is 82.3 cm³/mol. The van der Waals surface area contributed by atoms with E-state index in [-0.39, 0.29) is 6.04 Å². The van der Waals surface area contributed by atoms with Crippen molar-refractivity contribution in [2.45, 2.75) is 38.8 Å². The van der Waals surface area contributed by atoms with Crippen molar-refractivity contribution in [3.63, 3.8) is 0 Å². The standard InChI is InChI=1S/C15H24BrNO2/c1-3-4-8-19-11-15(18)10-17-12(2)13-6-5-7-14(16)9-13/h5-7,9,12,15,17-18H,3-4,8,10-11H2,1-2H3. The molecule has 1 aromatic carbocycles. The molecule has 3 nitrogen and oxygen atoms in total. The second kappa shape index (κ2) is 9.48. The molecule has 1 rings (SSSR count). The molecule has 0 aromatic heterocycles. The molecule has 2 atom stereocenters. The molecule has 0 heterocycles. The first kappa shape index (κ1) is 16.6. The van der Waals surface area contributed by atoms with Gasteiger partial charge in [0, 0.05) is 23.7 Å². The first-order valence-corrected chi connectivity index (χ1v) is 7.67. The first-order chi connectivity index (χ1) is 9.13. The van der Waals surface area contributed by atoms with E-state index in [1.165, 1.54) is 5.56 Å². The Morgan fingerprint density at radius 1 is 1.42 bits per heavy atom. The predicted octanol–water partition coefficient (Wildman–Crippen LogP) is 3.28. The van der Waals surface area contributed by atoms with Gasteiger partial charge in [0.2, 0.25) is 0 Å². The molecule has 0 radical (unpaired) electrons. The van der Waals surface area contributed by atoms with Crippen LogP contribution in [0.15, 0.2) is 28.7 Å². The molecule has 19 heavy (non-hydrogen) atoms. The number of aliphatic hydroxyl groups is 1. The summed E-state index contributed by atoms with van der Waals surface area (Å²) in [4.78, 5) is 0. The van der Waals surface area contributed by atoms with E-state index in [0.29, 0.717) is 13.2 Å². The number of unbranched alkanes of at least 4 members (excludes halogenated alkanes) is 1. The number of ether oxygens (including phenoxy) is 1. The molecule has 0 saturated carbocycles. The van der Waals surface area contributed by atoms with Crippen LogP contribution in [-0.4, -0.2) is 31.0 Å². The van der Waals surface area contributed by atoms with E-state index >= 15 is 0 Å². The van der Waals surface area contributed by atoms with Crippen LogP contribution in [0.2, 0.25) is 0 Å². The fourth-order valence-electron chi connectivity index (χ4n) is 1.73. The molecular weight excluding hydrogens is 306 g/mol. The zero-order valence-corrected chi connectivity index (χ0v) is 13.3. The summed E-state index contributed by atoms with van der Waals surface area (Å²) in [6, 6.07) is 8.39.